The van der Waals surface area contributed by atoms with Gasteiger partial charge in [-0.05, 0) is 23.9 Å². The van der Waals surface area contributed by atoms with Crippen LogP contribution in [-0.2, 0) is 21.1 Å². The molecule has 0 spiro atoms. The molecule has 2 aromatic carbocycles. The van der Waals surface area contributed by atoms with Crippen molar-refractivity contribution in [2.75, 3.05) is 39.2 Å². The van der Waals surface area contributed by atoms with Crippen LogP contribution in [0.2, 0.25) is 0 Å². The number of nitrogens with zero attached hydrogens (tertiary/aromatic N) is 3. The van der Waals surface area contributed by atoms with E-state index in [2.05, 4.69) is 41.0 Å². The molecule has 6 heteroatoms. The molecule has 0 unspecified atom stereocenters. The summed E-state index contributed by atoms with van der Waals surface area (Å²) in [6.07, 6.45) is 0. The molecule has 1 aliphatic heterocycles. The van der Waals surface area contributed by atoms with Crippen LogP contribution < -0.4 is 9.64 Å². The van der Waals surface area contributed by atoms with Gasteiger partial charge in [0.15, 0.2) is 0 Å². The maximum absolute atomic E-state index is 9.18. The molecule has 1 heterocycles. The molecule has 0 saturated carbocycles. The first-order chi connectivity index (χ1) is 11.1. The third-order valence-corrected chi connectivity index (χ3v) is 3.46. The molecule has 130 valence electrons. The Morgan fingerprint density at radius 2 is 2.04 bits per heavy atom. The number of para-hydroxylation sites is 1. The standard InChI is InChI=1S/C10H12N2.C8H10NO2.Pt/c1-11-7-8-12(9-11)10-5-3-2-4-6-10;1-9-7-5-6(11-2)3-4-8(7)10;/h2-5,9H,7-8H2,1H3;3-5,10H,1-2H3;/q;-1;+2. The van der Waals surface area contributed by atoms with Gasteiger partial charge in [-0.25, -0.2) is 4.90 Å². The minimum atomic E-state index is 0. The fourth-order valence-corrected chi connectivity index (χ4v) is 2.17. The number of phenolic OH excluding ortho intramolecular Hbond substituents is 1. The molecule has 1 N–H and O–H groups in total. The van der Waals surface area contributed by atoms with Crippen LogP contribution in [0.15, 0.2) is 42.5 Å². The number of phenols is 1. The van der Waals surface area contributed by atoms with E-state index in [0.29, 0.717) is 11.4 Å². The summed E-state index contributed by atoms with van der Waals surface area (Å²) < 4.78 is 4.94. The predicted octanol–water partition coefficient (Wildman–Crippen LogP) is 3.39. The summed E-state index contributed by atoms with van der Waals surface area (Å²) >= 11 is 0. The average molecular weight is 507 g/mol. The SMILES string of the molecule is CN1[CH+]N(c2[c-]cccc2)CC1.C[N-]c1cc(OC)ccc1O.[Pt+2]. The first-order valence-corrected chi connectivity index (χ1v) is 7.39. The van der Waals surface area contributed by atoms with Gasteiger partial charge < -0.3 is 15.2 Å². The molecule has 0 bridgehead atoms. The predicted molar refractivity (Wildman–Crippen MR) is 93.2 cm³/mol. The van der Waals surface area contributed by atoms with E-state index in [9.17, 15) is 5.11 Å². The number of benzene rings is 2. The van der Waals surface area contributed by atoms with Crippen molar-refractivity contribution < 1.29 is 30.9 Å². The van der Waals surface area contributed by atoms with E-state index in [1.165, 1.54) is 0 Å². The van der Waals surface area contributed by atoms with Gasteiger partial charge in [0.25, 0.3) is 6.67 Å². The van der Waals surface area contributed by atoms with Crippen LogP contribution >= 0.6 is 0 Å². The van der Waals surface area contributed by atoms with Gasteiger partial charge >= 0.3 is 21.1 Å². The number of anilines is 1. The van der Waals surface area contributed by atoms with Crippen molar-refractivity contribution in [1.82, 2.24) is 4.90 Å². The number of methoxy groups -OCH3 is 1. The zero-order valence-electron chi connectivity index (χ0n) is 14.0. The number of hydrogen-bond acceptors (Lipinski definition) is 4. The molecule has 5 nitrogen and oxygen atoms in total. The Bertz CT molecular complexity index is 610. The molecule has 1 saturated heterocycles. The molecule has 24 heavy (non-hydrogen) atoms. The Morgan fingerprint density at radius 1 is 1.25 bits per heavy atom. The van der Waals surface area contributed by atoms with Crippen molar-refractivity contribution in [2.45, 2.75) is 0 Å². The van der Waals surface area contributed by atoms with Crippen LogP contribution in [0.4, 0.5) is 11.4 Å². The first kappa shape index (κ1) is 20.2. The van der Waals surface area contributed by atoms with Crippen molar-refractivity contribution in [1.29, 1.82) is 0 Å². The third kappa shape index (κ3) is 5.66. The van der Waals surface area contributed by atoms with Gasteiger partial charge in [-0.1, -0.05) is 5.69 Å². The van der Waals surface area contributed by atoms with Crippen LogP contribution in [0.3, 0.4) is 0 Å². The number of rotatable bonds is 3. The van der Waals surface area contributed by atoms with E-state index >= 15 is 0 Å². The van der Waals surface area contributed by atoms with Crippen LogP contribution in [0.5, 0.6) is 11.5 Å². The monoisotopic (exact) mass is 507 g/mol. The largest absolute Gasteiger partial charge is 2.00 e. The van der Waals surface area contributed by atoms with Crippen molar-refractivity contribution in [3.63, 3.8) is 0 Å². The number of hydrogen-bond donors (Lipinski definition) is 1. The summed E-state index contributed by atoms with van der Waals surface area (Å²) in [6, 6.07) is 16.2. The second kappa shape index (κ2) is 10.1. The molecular weight excluding hydrogens is 485 g/mol. The second-order valence-corrected chi connectivity index (χ2v) is 5.12. The van der Waals surface area contributed by atoms with Gasteiger partial charge in [0.05, 0.1) is 20.2 Å². The molecule has 0 aromatic heterocycles. The average Bonchev–Trinajstić information content (AvgIpc) is 3.03. The van der Waals surface area contributed by atoms with Crippen LogP contribution in [0.25, 0.3) is 5.32 Å². The molecule has 1 fully saturated rings. The van der Waals surface area contributed by atoms with E-state index in [4.69, 9.17) is 4.74 Å². The molecule has 0 amide bonds. The van der Waals surface area contributed by atoms with E-state index in [-0.39, 0.29) is 26.8 Å². The fraction of sp³-hybridized carbons (Fsp3) is 0.278. The van der Waals surface area contributed by atoms with Crippen LogP contribution in [-0.4, -0.2) is 44.3 Å². The van der Waals surface area contributed by atoms with E-state index in [1.54, 1.807) is 32.4 Å². The number of aromatic hydroxyl groups is 1. The summed E-state index contributed by atoms with van der Waals surface area (Å²) in [7, 11) is 5.28. The van der Waals surface area contributed by atoms with E-state index < -0.39 is 0 Å². The summed E-state index contributed by atoms with van der Waals surface area (Å²) in [5, 5.41) is 13.0. The molecule has 2 aromatic rings. The fourth-order valence-electron chi connectivity index (χ4n) is 2.17. The first-order valence-electron chi connectivity index (χ1n) is 7.39. The Hall–Kier alpha value is -1.84. The summed E-state index contributed by atoms with van der Waals surface area (Å²) in [5.41, 5.74) is 1.70. The van der Waals surface area contributed by atoms with Gasteiger partial charge in [-0.15, -0.1) is 18.0 Å². The summed E-state index contributed by atoms with van der Waals surface area (Å²) in [5.74, 6) is 0.872. The smallest absolute Gasteiger partial charge is 0.684 e. The second-order valence-electron chi connectivity index (χ2n) is 5.12. The van der Waals surface area contributed by atoms with Gasteiger partial charge in [-0.3, -0.25) is 0 Å². The molecule has 3 rings (SSSR count). The maximum atomic E-state index is 9.18. The van der Waals surface area contributed by atoms with Crippen molar-refractivity contribution >= 4 is 11.4 Å². The minimum absolute atomic E-state index is 0. The molecule has 1 aliphatic rings. The zero-order valence-corrected chi connectivity index (χ0v) is 16.3. The van der Waals surface area contributed by atoms with Gasteiger partial charge in [0.2, 0.25) is 0 Å². The summed E-state index contributed by atoms with van der Waals surface area (Å²) in [4.78, 5) is 4.39. The molecule has 0 atom stereocenters. The number of ether oxygens (including phenoxy) is 1. The van der Waals surface area contributed by atoms with E-state index in [1.807, 2.05) is 18.2 Å². The Balaban J connectivity index is 0.000000232. The number of likely N-dealkylation sites (N-methyl/N-ethyl adjacent to an activating group) is 1. The minimum Gasteiger partial charge on any atom is -0.684 e. The summed E-state index contributed by atoms with van der Waals surface area (Å²) in [6.45, 7) is 4.28. The van der Waals surface area contributed by atoms with Gasteiger partial charge in [0.1, 0.15) is 11.5 Å². The van der Waals surface area contributed by atoms with Gasteiger partial charge in [0, 0.05) is 7.05 Å². The Kier molecular flexibility index (Phi) is 8.51. The van der Waals surface area contributed by atoms with Crippen molar-refractivity contribution in [3.05, 3.63) is 60.5 Å². The quantitative estimate of drug-likeness (QED) is 0.648. The normalized spacial score (nSPS) is 13.2. The van der Waals surface area contributed by atoms with Gasteiger partial charge in [-0.2, -0.15) is 24.3 Å². The molecular formula is C18H22N3O2Pt+. The topological polar surface area (TPSA) is 50.0 Å². The molecule has 0 radical (unpaired) electrons. The van der Waals surface area contributed by atoms with Crippen molar-refractivity contribution in [2.24, 2.45) is 0 Å². The molecule has 0 aliphatic carbocycles. The van der Waals surface area contributed by atoms with Crippen LogP contribution in [0, 0.1) is 12.7 Å². The Morgan fingerprint density at radius 3 is 2.58 bits per heavy atom. The third-order valence-electron chi connectivity index (χ3n) is 3.46. The Labute approximate surface area is 158 Å². The zero-order chi connectivity index (χ0) is 16.7. The van der Waals surface area contributed by atoms with Crippen LogP contribution in [0.1, 0.15) is 0 Å². The van der Waals surface area contributed by atoms with E-state index in [0.717, 1.165) is 18.8 Å². The van der Waals surface area contributed by atoms with Crippen molar-refractivity contribution in [3.8, 4) is 11.5 Å². The maximum Gasteiger partial charge on any atom is 2.00 e.